The van der Waals surface area contributed by atoms with E-state index in [1.165, 1.54) is 12.1 Å². The van der Waals surface area contributed by atoms with E-state index in [-0.39, 0.29) is 11.7 Å². The van der Waals surface area contributed by atoms with Crippen LogP contribution in [-0.4, -0.2) is 23.1 Å². The summed E-state index contributed by atoms with van der Waals surface area (Å²) in [7, 11) is 0. The third-order valence-corrected chi connectivity index (χ3v) is 5.30. The first-order chi connectivity index (χ1) is 12.7. The van der Waals surface area contributed by atoms with Crippen LogP contribution in [0.1, 0.15) is 40.7 Å². The van der Waals surface area contributed by atoms with Crippen molar-refractivity contribution in [2.75, 3.05) is 12.3 Å². The lowest BCUT2D eigenvalue weighted by atomic mass is 10.1. The Hall–Kier alpha value is -2.11. The van der Waals surface area contributed by atoms with E-state index in [4.69, 9.17) is 0 Å². The highest BCUT2D eigenvalue weighted by Crippen LogP contribution is 2.31. The molecule has 5 heteroatoms. The highest BCUT2D eigenvalue weighted by Gasteiger charge is 2.29. The molecule has 0 radical (unpaired) electrons. The maximum atomic E-state index is 12.8. The molecule has 0 aliphatic carbocycles. The fraction of sp³-hybridized carbons (Fsp3) is 0.286. The van der Waals surface area contributed by atoms with Crippen molar-refractivity contribution in [1.82, 2.24) is 9.62 Å². The highest BCUT2D eigenvalue weighted by atomic mass is 32.2. The van der Waals surface area contributed by atoms with Crippen LogP contribution in [0.25, 0.3) is 5.70 Å². The number of amides is 1. The molecule has 3 nitrogen and oxygen atoms in total. The minimum atomic E-state index is -0.205. The minimum Gasteiger partial charge on any atom is -0.308 e. The second-order valence-electron chi connectivity index (χ2n) is 6.31. The van der Waals surface area contributed by atoms with Crippen LogP contribution in [0, 0.1) is 5.82 Å². The van der Waals surface area contributed by atoms with E-state index in [0.29, 0.717) is 0 Å². The molecular weight excluding hydrogens is 347 g/mol. The number of carbonyl (C=O) groups excluding carboxylic acids is 1. The molecule has 1 heterocycles. The number of nitrogens with one attached hydrogen (secondary N) is 1. The molecule has 0 spiro atoms. The van der Waals surface area contributed by atoms with Crippen molar-refractivity contribution >= 4 is 23.6 Å². The van der Waals surface area contributed by atoms with Crippen molar-refractivity contribution in [3.05, 3.63) is 77.6 Å². The molecule has 0 saturated heterocycles. The van der Waals surface area contributed by atoms with Gasteiger partial charge < -0.3 is 4.90 Å². The SMILES string of the molecule is C=C1c2ccccc2C(=O)N1CCCCCSNCc1ccc(F)cc1. The van der Waals surface area contributed by atoms with Gasteiger partial charge >= 0.3 is 0 Å². The Balaban J connectivity index is 1.29. The lowest BCUT2D eigenvalue weighted by molar-refractivity contribution is 0.0849. The molecule has 0 bridgehead atoms. The molecule has 0 fully saturated rings. The number of nitrogens with zero attached hydrogens (tertiary/aromatic N) is 1. The number of unbranched alkanes of at least 4 members (excludes halogenated alkanes) is 2. The van der Waals surface area contributed by atoms with E-state index in [0.717, 1.165) is 60.5 Å². The first-order valence-corrected chi connectivity index (χ1v) is 9.84. The molecule has 2 aromatic rings. The van der Waals surface area contributed by atoms with Crippen LogP contribution in [0.4, 0.5) is 4.39 Å². The second-order valence-corrected chi connectivity index (χ2v) is 7.29. The lowest BCUT2D eigenvalue weighted by Crippen LogP contribution is -2.23. The van der Waals surface area contributed by atoms with Crippen LogP contribution in [0.5, 0.6) is 0 Å². The van der Waals surface area contributed by atoms with Gasteiger partial charge in [0.15, 0.2) is 0 Å². The molecule has 26 heavy (non-hydrogen) atoms. The van der Waals surface area contributed by atoms with Gasteiger partial charge in [-0.05, 0) is 36.6 Å². The van der Waals surface area contributed by atoms with Crippen LogP contribution in [0.3, 0.4) is 0 Å². The van der Waals surface area contributed by atoms with Crippen LogP contribution in [0.15, 0.2) is 55.1 Å². The van der Waals surface area contributed by atoms with Crippen molar-refractivity contribution < 1.29 is 9.18 Å². The van der Waals surface area contributed by atoms with Gasteiger partial charge in [-0.2, -0.15) is 0 Å². The molecule has 0 atom stereocenters. The Morgan fingerprint density at radius 2 is 1.73 bits per heavy atom. The first kappa shape index (κ1) is 18.7. The Bertz CT molecular complexity index is 741. The van der Waals surface area contributed by atoms with E-state index in [2.05, 4.69) is 11.3 Å². The fourth-order valence-electron chi connectivity index (χ4n) is 3.00. The topological polar surface area (TPSA) is 32.3 Å². The summed E-state index contributed by atoms with van der Waals surface area (Å²) >= 11 is 1.68. The summed E-state index contributed by atoms with van der Waals surface area (Å²) in [5.41, 5.74) is 3.61. The Labute approximate surface area is 158 Å². The smallest absolute Gasteiger partial charge is 0.258 e. The third kappa shape index (κ3) is 4.54. The average molecular weight is 370 g/mol. The van der Waals surface area contributed by atoms with Crippen molar-refractivity contribution in [3.8, 4) is 0 Å². The second kappa shape index (κ2) is 9.01. The normalized spacial score (nSPS) is 13.3. The van der Waals surface area contributed by atoms with Gasteiger partial charge in [0.1, 0.15) is 5.82 Å². The predicted molar refractivity (Wildman–Crippen MR) is 106 cm³/mol. The number of hydrogen-bond acceptors (Lipinski definition) is 3. The molecule has 2 aromatic carbocycles. The zero-order valence-electron chi connectivity index (χ0n) is 14.7. The molecular formula is C21H23FN2OS. The van der Waals surface area contributed by atoms with E-state index in [1.54, 1.807) is 29.0 Å². The molecule has 0 unspecified atom stereocenters. The number of halogens is 1. The maximum absolute atomic E-state index is 12.8. The maximum Gasteiger partial charge on any atom is 0.258 e. The Morgan fingerprint density at radius 1 is 1.00 bits per heavy atom. The van der Waals surface area contributed by atoms with Gasteiger partial charge in [-0.25, -0.2) is 4.39 Å². The highest BCUT2D eigenvalue weighted by molar-refractivity contribution is 7.97. The Kier molecular flexibility index (Phi) is 6.47. The number of carbonyl (C=O) groups is 1. The van der Waals surface area contributed by atoms with Gasteiger partial charge in [-0.15, -0.1) is 0 Å². The van der Waals surface area contributed by atoms with Crippen LogP contribution < -0.4 is 4.72 Å². The minimum absolute atomic E-state index is 0.0703. The summed E-state index contributed by atoms with van der Waals surface area (Å²) in [5.74, 6) is 0.876. The third-order valence-electron chi connectivity index (χ3n) is 4.46. The molecule has 0 aromatic heterocycles. The number of rotatable bonds is 9. The van der Waals surface area contributed by atoms with Crippen molar-refractivity contribution in [3.63, 3.8) is 0 Å². The van der Waals surface area contributed by atoms with Crippen molar-refractivity contribution in [2.24, 2.45) is 0 Å². The molecule has 1 aliphatic heterocycles. The summed E-state index contributed by atoms with van der Waals surface area (Å²) in [6, 6.07) is 14.2. The number of hydrogen-bond donors (Lipinski definition) is 1. The van der Waals surface area contributed by atoms with Crippen LogP contribution in [0.2, 0.25) is 0 Å². The van der Waals surface area contributed by atoms with Gasteiger partial charge in [-0.3, -0.25) is 9.52 Å². The summed E-state index contributed by atoms with van der Waals surface area (Å²) in [4.78, 5) is 14.2. The van der Waals surface area contributed by atoms with E-state index >= 15 is 0 Å². The van der Waals surface area contributed by atoms with Crippen LogP contribution in [-0.2, 0) is 6.54 Å². The van der Waals surface area contributed by atoms with Gasteiger partial charge in [0.2, 0.25) is 0 Å². The molecule has 0 saturated carbocycles. The van der Waals surface area contributed by atoms with E-state index < -0.39 is 0 Å². The predicted octanol–water partition coefficient (Wildman–Crippen LogP) is 4.86. The average Bonchev–Trinajstić information content (AvgIpc) is 2.90. The molecule has 3 rings (SSSR count). The Morgan fingerprint density at radius 3 is 2.46 bits per heavy atom. The van der Waals surface area contributed by atoms with Crippen molar-refractivity contribution in [2.45, 2.75) is 25.8 Å². The van der Waals surface area contributed by atoms with Crippen LogP contribution >= 0.6 is 11.9 Å². The zero-order valence-corrected chi connectivity index (χ0v) is 15.5. The summed E-state index contributed by atoms with van der Waals surface area (Å²) < 4.78 is 16.1. The van der Waals surface area contributed by atoms with E-state index in [9.17, 15) is 9.18 Å². The summed E-state index contributed by atoms with van der Waals surface area (Å²) in [6.07, 6.45) is 3.12. The molecule has 136 valence electrons. The number of fused-ring (bicyclic) bond motifs is 1. The first-order valence-electron chi connectivity index (χ1n) is 8.86. The fourth-order valence-corrected chi connectivity index (χ4v) is 3.76. The monoisotopic (exact) mass is 370 g/mol. The summed E-state index contributed by atoms with van der Waals surface area (Å²) in [6.45, 7) is 5.52. The molecule has 1 N–H and O–H groups in total. The van der Waals surface area contributed by atoms with E-state index in [1.807, 2.05) is 24.3 Å². The lowest BCUT2D eigenvalue weighted by Gasteiger charge is -2.17. The summed E-state index contributed by atoms with van der Waals surface area (Å²) in [5, 5.41) is 0. The number of benzene rings is 2. The van der Waals surface area contributed by atoms with Gasteiger partial charge in [0, 0.05) is 35.7 Å². The van der Waals surface area contributed by atoms with Gasteiger partial charge in [0.05, 0.1) is 0 Å². The molecule has 1 aliphatic rings. The van der Waals surface area contributed by atoms with Gasteiger partial charge in [0.25, 0.3) is 5.91 Å². The quantitative estimate of drug-likeness (QED) is 0.505. The zero-order chi connectivity index (χ0) is 18.4. The standard InChI is InChI=1S/C21H23FN2OS/c1-16-19-7-3-4-8-20(19)21(25)24(16)13-5-2-6-14-26-23-15-17-9-11-18(22)12-10-17/h3-4,7-12,23H,1-2,5-6,13-15H2. The molecule has 1 amide bonds. The van der Waals surface area contributed by atoms with Gasteiger partial charge in [-0.1, -0.05) is 55.3 Å². The largest absolute Gasteiger partial charge is 0.308 e. The van der Waals surface area contributed by atoms with Crippen molar-refractivity contribution in [1.29, 1.82) is 0 Å².